The molecule has 2 unspecified atom stereocenters. The number of imide groups is 1. The number of nitrogens with one attached hydrogen (secondary N) is 1. The zero-order valence-electron chi connectivity index (χ0n) is 19.1. The summed E-state index contributed by atoms with van der Waals surface area (Å²) in [6.45, 7) is 6.59. The number of carbonyl (C=O) groups is 3. The molecule has 4 amide bonds. The smallest absolute Gasteiger partial charge is 0.331 e. The van der Waals surface area contributed by atoms with Crippen molar-refractivity contribution in [3.8, 4) is 0 Å². The average molecular weight is 427 g/mol. The van der Waals surface area contributed by atoms with Gasteiger partial charge in [-0.2, -0.15) is 0 Å². The first-order valence-electron chi connectivity index (χ1n) is 11.2. The average Bonchev–Trinajstić information content (AvgIpc) is 3.26. The van der Waals surface area contributed by atoms with Crippen LogP contribution in [0.3, 0.4) is 0 Å². The minimum Gasteiger partial charge on any atom is -0.367 e. The van der Waals surface area contributed by atoms with Gasteiger partial charge in [-0.05, 0) is 31.4 Å². The molecule has 2 heterocycles. The summed E-state index contributed by atoms with van der Waals surface area (Å²) >= 11 is 0. The van der Waals surface area contributed by atoms with Crippen LogP contribution in [0.1, 0.15) is 64.5 Å². The lowest BCUT2D eigenvalue weighted by Gasteiger charge is -2.40. The van der Waals surface area contributed by atoms with Gasteiger partial charge in [0.25, 0.3) is 5.91 Å². The molecule has 7 heteroatoms. The third-order valence-corrected chi connectivity index (χ3v) is 6.22. The van der Waals surface area contributed by atoms with E-state index in [9.17, 15) is 14.4 Å². The van der Waals surface area contributed by atoms with Gasteiger partial charge in [-0.25, -0.2) is 4.79 Å². The van der Waals surface area contributed by atoms with Gasteiger partial charge in [0.2, 0.25) is 5.91 Å². The maximum absolute atomic E-state index is 13.7. The molecule has 7 nitrogen and oxygen atoms in total. The van der Waals surface area contributed by atoms with Crippen LogP contribution in [0.2, 0.25) is 0 Å². The van der Waals surface area contributed by atoms with E-state index in [4.69, 9.17) is 0 Å². The first kappa shape index (κ1) is 22.8. The number of hydrogen-bond donors (Lipinski definition) is 1. The Hall–Kier alpha value is -2.83. The van der Waals surface area contributed by atoms with Crippen molar-refractivity contribution >= 4 is 17.8 Å². The predicted molar refractivity (Wildman–Crippen MR) is 120 cm³/mol. The van der Waals surface area contributed by atoms with E-state index >= 15 is 0 Å². The molecule has 1 aliphatic carbocycles. The summed E-state index contributed by atoms with van der Waals surface area (Å²) in [6.07, 6.45) is 12.5. The topological polar surface area (TPSA) is 76.7 Å². The number of carbonyl (C=O) groups excluding carboxylic acids is 3. The van der Waals surface area contributed by atoms with Gasteiger partial charge in [-0.3, -0.25) is 19.4 Å². The quantitative estimate of drug-likeness (QED) is 0.524. The second-order valence-corrected chi connectivity index (χ2v) is 8.56. The van der Waals surface area contributed by atoms with Crippen LogP contribution >= 0.6 is 0 Å². The number of hydrogen-bond acceptors (Lipinski definition) is 3. The third kappa shape index (κ3) is 4.75. The van der Waals surface area contributed by atoms with Gasteiger partial charge in [0.05, 0.1) is 0 Å². The Labute approximate surface area is 184 Å². The molecule has 3 rings (SSSR count). The van der Waals surface area contributed by atoms with Crippen LogP contribution in [0.25, 0.3) is 0 Å². The summed E-state index contributed by atoms with van der Waals surface area (Å²) in [5, 5.41) is 0. The van der Waals surface area contributed by atoms with E-state index in [2.05, 4.69) is 31.0 Å². The molecule has 31 heavy (non-hydrogen) atoms. The van der Waals surface area contributed by atoms with Gasteiger partial charge in [0, 0.05) is 43.2 Å². The van der Waals surface area contributed by atoms with Crippen LogP contribution in [0.5, 0.6) is 0 Å². The number of piperazine rings is 1. The fourth-order valence-electron chi connectivity index (χ4n) is 4.49. The molecule has 1 aliphatic heterocycles. The Morgan fingerprint density at radius 1 is 1.26 bits per heavy atom. The number of aromatic nitrogens is 1. The zero-order chi connectivity index (χ0) is 22.5. The number of rotatable bonds is 7. The number of nitrogens with zero attached hydrogens (tertiary/aromatic N) is 3. The molecule has 2 aliphatic rings. The van der Waals surface area contributed by atoms with Crippen molar-refractivity contribution in [1.29, 1.82) is 0 Å². The highest BCUT2D eigenvalue weighted by Crippen LogP contribution is 2.31. The lowest BCUT2D eigenvalue weighted by Crippen LogP contribution is -2.58. The molecule has 1 saturated heterocycles. The summed E-state index contributed by atoms with van der Waals surface area (Å²) in [6, 6.07) is 0.584. The van der Waals surface area contributed by atoms with Gasteiger partial charge in [-0.15, -0.1) is 0 Å². The lowest BCUT2D eigenvalue weighted by molar-refractivity contribution is -0.152. The molecule has 0 radical (unpaired) electrons. The second-order valence-electron chi connectivity index (χ2n) is 8.56. The highest BCUT2D eigenvalue weighted by Gasteiger charge is 2.43. The Morgan fingerprint density at radius 2 is 2.03 bits per heavy atom. The standard InChI is InChI=1S/C24H34N4O3/c1-5-6-7-8-14-27(21-17(2)10-9-11-18(21)3)24(31)28-16-20(29)26(4)22(23(28)30)19-12-13-25-15-19/h9-10,12-13,15,17,22,25H,5-8,11,14,16H2,1-4H3. The number of urea groups is 1. The minimum absolute atomic E-state index is 0.0858. The molecule has 1 aromatic heterocycles. The first-order chi connectivity index (χ1) is 14.9. The van der Waals surface area contributed by atoms with E-state index in [0.29, 0.717) is 12.1 Å². The van der Waals surface area contributed by atoms with Crippen molar-refractivity contribution in [3.05, 3.63) is 47.4 Å². The van der Waals surface area contributed by atoms with Crippen molar-refractivity contribution in [2.75, 3.05) is 20.1 Å². The molecule has 1 fully saturated rings. The van der Waals surface area contributed by atoms with Crippen molar-refractivity contribution in [1.82, 2.24) is 19.7 Å². The Bertz CT molecular complexity index is 871. The maximum atomic E-state index is 13.7. The molecule has 1 aromatic rings. The highest BCUT2D eigenvalue weighted by atomic mass is 16.2. The normalized spacial score (nSPS) is 21.8. The van der Waals surface area contributed by atoms with Crippen molar-refractivity contribution < 1.29 is 14.4 Å². The van der Waals surface area contributed by atoms with Gasteiger partial charge in [0.1, 0.15) is 12.6 Å². The van der Waals surface area contributed by atoms with Crippen LogP contribution in [0, 0.1) is 5.92 Å². The van der Waals surface area contributed by atoms with E-state index in [1.165, 1.54) is 4.90 Å². The molecule has 0 bridgehead atoms. The summed E-state index contributed by atoms with van der Waals surface area (Å²) in [4.78, 5) is 47.1. The SMILES string of the molecule is CCCCCCN(C(=O)N1CC(=O)N(C)C(c2cc[nH]c2)C1=O)C1=C(C)CC=CC1C. The molecule has 168 valence electrons. The second kappa shape index (κ2) is 9.98. The summed E-state index contributed by atoms with van der Waals surface area (Å²) in [7, 11) is 1.61. The van der Waals surface area contributed by atoms with Crippen LogP contribution in [-0.2, 0) is 9.59 Å². The summed E-state index contributed by atoms with van der Waals surface area (Å²) < 4.78 is 0. The van der Waals surface area contributed by atoms with Gasteiger partial charge in [0.15, 0.2) is 0 Å². The number of amides is 4. The fraction of sp³-hybridized carbons (Fsp3) is 0.542. The van der Waals surface area contributed by atoms with Crippen LogP contribution in [0.4, 0.5) is 4.79 Å². The number of H-pyrrole nitrogens is 1. The third-order valence-electron chi connectivity index (χ3n) is 6.22. The number of allylic oxidation sites excluding steroid dienone is 3. The van der Waals surface area contributed by atoms with E-state index in [-0.39, 0.29) is 30.3 Å². The Morgan fingerprint density at radius 3 is 2.68 bits per heavy atom. The molecule has 0 saturated carbocycles. The molecule has 0 aromatic carbocycles. The Kier molecular flexibility index (Phi) is 7.36. The van der Waals surface area contributed by atoms with Crippen LogP contribution < -0.4 is 0 Å². The molecule has 0 spiro atoms. The van der Waals surface area contributed by atoms with E-state index in [1.54, 1.807) is 30.4 Å². The molecule has 1 N–H and O–H groups in total. The minimum atomic E-state index is -0.794. The molecule has 2 atom stereocenters. The fourth-order valence-corrected chi connectivity index (χ4v) is 4.49. The Balaban J connectivity index is 1.90. The van der Waals surface area contributed by atoms with Gasteiger partial charge >= 0.3 is 6.03 Å². The van der Waals surface area contributed by atoms with E-state index in [1.807, 2.05) is 6.92 Å². The van der Waals surface area contributed by atoms with Crippen LogP contribution in [0.15, 0.2) is 41.9 Å². The first-order valence-corrected chi connectivity index (χ1v) is 11.2. The number of likely N-dealkylation sites (N-methyl/N-ethyl adjacent to an activating group) is 1. The molecular weight excluding hydrogens is 392 g/mol. The van der Waals surface area contributed by atoms with Crippen molar-refractivity contribution in [2.45, 2.75) is 58.9 Å². The number of unbranched alkanes of at least 4 members (excludes halogenated alkanes) is 3. The summed E-state index contributed by atoms with van der Waals surface area (Å²) in [5.41, 5.74) is 2.77. The van der Waals surface area contributed by atoms with Gasteiger partial charge < -0.3 is 9.88 Å². The van der Waals surface area contributed by atoms with Crippen molar-refractivity contribution in [3.63, 3.8) is 0 Å². The monoisotopic (exact) mass is 426 g/mol. The van der Waals surface area contributed by atoms with Gasteiger partial charge in [-0.1, -0.05) is 45.3 Å². The largest absolute Gasteiger partial charge is 0.367 e. The van der Waals surface area contributed by atoms with Crippen molar-refractivity contribution in [2.24, 2.45) is 5.92 Å². The molecular formula is C24H34N4O3. The maximum Gasteiger partial charge on any atom is 0.331 e. The zero-order valence-corrected chi connectivity index (χ0v) is 19.1. The van der Waals surface area contributed by atoms with E-state index in [0.717, 1.165) is 48.3 Å². The van der Waals surface area contributed by atoms with Crippen LogP contribution in [-0.4, -0.2) is 57.7 Å². The lowest BCUT2D eigenvalue weighted by atomic mass is 9.94. The van der Waals surface area contributed by atoms with E-state index < -0.39 is 6.04 Å². The highest BCUT2D eigenvalue weighted by molar-refractivity contribution is 6.05. The predicted octanol–water partition coefficient (Wildman–Crippen LogP) is 4.23. The summed E-state index contributed by atoms with van der Waals surface area (Å²) in [5.74, 6) is -0.516. The number of aromatic amines is 1.